The first-order valence-corrected chi connectivity index (χ1v) is 7.69. The topological polar surface area (TPSA) is 97.1 Å². The summed E-state index contributed by atoms with van der Waals surface area (Å²) < 4.78 is 15.1. The molecule has 126 valence electrons. The van der Waals surface area contributed by atoms with Crippen molar-refractivity contribution in [3.63, 3.8) is 0 Å². The molecule has 0 atom stereocenters. The van der Waals surface area contributed by atoms with E-state index < -0.39 is 23.2 Å². The van der Waals surface area contributed by atoms with E-state index in [1.54, 1.807) is 6.07 Å². The second-order valence-corrected chi connectivity index (χ2v) is 6.19. The fourth-order valence-electron chi connectivity index (χ4n) is 2.70. The molecule has 7 nitrogen and oxygen atoms in total. The fraction of sp³-hybridized carbons (Fsp3) is 0.333. The van der Waals surface area contributed by atoms with Crippen LogP contribution in [-0.4, -0.2) is 37.5 Å². The van der Waals surface area contributed by atoms with E-state index in [-0.39, 0.29) is 22.8 Å². The molecule has 1 amide bonds. The van der Waals surface area contributed by atoms with Crippen LogP contribution >= 0.6 is 11.6 Å². The number of hydrogen-bond donors (Lipinski definition) is 2. The molecular weight excluding hydrogens is 339 g/mol. The minimum absolute atomic E-state index is 0.0222. The van der Waals surface area contributed by atoms with Crippen molar-refractivity contribution >= 4 is 23.5 Å². The first-order valence-electron chi connectivity index (χ1n) is 7.31. The number of benzene rings is 1. The highest BCUT2D eigenvalue weighted by atomic mass is 35.5. The predicted molar refractivity (Wildman–Crippen MR) is 82.6 cm³/mol. The van der Waals surface area contributed by atoms with Gasteiger partial charge in [0.1, 0.15) is 5.69 Å². The van der Waals surface area contributed by atoms with Gasteiger partial charge in [-0.1, -0.05) is 22.9 Å². The average Bonchev–Trinajstić information content (AvgIpc) is 2.97. The maximum absolute atomic E-state index is 14.0. The van der Waals surface area contributed by atoms with Crippen molar-refractivity contribution in [2.24, 2.45) is 0 Å². The predicted octanol–water partition coefficient (Wildman–Crippen LogP) is 2.19. The minimum atomic E-state index is -0.973. The Labute approximate surface area is 141 Å². The van der Waals surface area contributed by atoms with Crippen molar-refractivity contribution in [1.82, 2.24) is 20.3 Å². The highest BCUT2D eigenvalue weighted by molar-refractivity contribution is 6.30. The molecule has 2 N–H and O–H groups in total. The zero-order chi connectivity index (χ0) is 17.3. The summed E-state index contributed by atoms with van der Waals surface area (Å²) in [6.07, 6.45) is 3.19. The first-order chi connectivity index (χ1) is 11.4. The van der Waals surface area contributed by atoms with Gasteiger partial charge < -0.3 is 10.4 Å². The molecule has 1 fully saturated rings. The van der Waals surface area contributed by atoms with Crippen molar-refractivity contribution in [2.45, 2.75) is 31.2 Å². The maximum atomic E-state index is 14.0. The van der Waals surface area contributed by atoms with Crippen molar-refractivity contribution in [3.05, 3.63) is 40.9 Å². The summed E-state index contributed by atoms with van der Waals surface area (Å²) in [5, 5.41) is 19.1. The van der Waals surface area contributed by atoms with Gasteiger partial charge >= 0.3 is 5.97 Å². The van der Waals surface area contributed by atoms with Crippen LogP contribution in [0.1, 0.15) is 36.2 Å². The summed E-state index contributed by atoms with van der Waals surface area (Å²) in [7, 11) is 0. The van der Waals surface area contributed by atoms with Crippen LogP contribution in [0.15, 0.2) is 24.4 Å². The molecule has 0 saturated heterocycles. The standard InChI is InChI=1S/C15H14ClFN4O3/c16-9-3-1-4-11(13(9)17)21-8-10(19-20-21)14(24)18-15(5-2-6-15)7-12(22)23/h1,3-4,8H,2,5-7H2,(H,18,24)(H,22,23). The smallest absolute Gasteiger partial charge is 0.305 e. The number of nitrogens with one attached hydrogen (secondary N) is 1. The SMILES string of the molecule is O=C(O)CC1(NC(=O)c2cn(-c3cccc(Cl)c3F)nn2)CCC1. The minimum Gasteiger partial charge on any atom is -0.481 e. The number of aromatic nitrogens is 3. The van der Waals surface area contributed by atoms with Crippen LogP contribution in [0.5, 0.6) is 0 Å². The average molecular weight is 353 g/mol. The van der Waals surface area contributed by atoms with Crippen LogP contribution in [-0.2, 0) is 4.79 Å². The van der Waals surface area contributed by atoms with Gasteiger partial charge in [0.05, 0.1) is 23.2 Å². The molecule has 1 aromatic heterocycles. The number of rotatable bonds is 5. The van der Waals surface area contributed by atoms with Crippen molar-refractivity contribution < 1.29 is 19.1 Å². The molecule has 9 heteroatoms. The number of halogens is 2. The van der Waals surface area contributed by atoms with E-state index in [4.69, 9.17) is 16.7 Å². The van der Waals surface area contributed by atoms with Gasteiger partial charge in [-0.15, -0.1) is 5.10 Å². The molecule has 0 unspecified atom stereocenters. The quantitative estimate of drug-likeness (QED) is 0.859. The van der Waals surface area contributed by atoms with E-state index in [1.807, 2.05) is 0 Å². The normalized spacial score (nSPS) is 15.6. The Hall–Kier alpha value is -2.48. The third kappa shape index (κ3) is 3.09. The molecule has 0 spiro atoms. The van der Waals surface area contributed by atoms with E-state index in [9.17, 15) is 14.0 Å². The van der Waals surface area contributed by atoms with E-state index in [0.29, 0.717) is 12.8 Å². The number of nitrogens with zero attached hydrogens (tertiary/aromatic N) is 3. The lowest BCUT2D eigenvalue weighted by molar-refractivity contribution is -0.139. The lowest BCUT2D eigenvalue weighted by Gasteiger charge is -2.41. The van der Waals surface area contributed by atoms with E-state index in [2.05, 4.69) is 15.6 Å². The lowest BCUT2D eigenvalue weighted by Crippen LogP contribution is -2.54. The van der Waals surface area contributed by atoms with Crippen LogP contribution in [0.2, 0.25) is 5.02 Å². The van der Waals surface area contributed by atoms with E-state index >= 15 is 0 Å². The second kappa shape index (κ2) is 6.20. The molecule has 1 saturated carbocycles. The van der Waals surface area contributed by atoms with Crippen LogP contribution in [0.4, 0.5) is 4.39 Å². The summed E-state index contributed by atoms with van der Waals surface area (Å²) in [4.78, 5) is 23.2. The molecule has 0 aliphatic heterocycles. The summed E-state index contributed by atoms with van der Waals surface area (Å²) in [6, 6.07) is 4.41. The second-order valence-electron chi connectivity index (χ2n) is 5.78. The number of hydrogen-bond acceptors (Lipinski definition) is 4. The van der Waals surface area contributed by atoms with Gasteiger partial charge in [-0.05, 0) is 31.4 Å². The number of amides is 1. The van der Waals surface area contributed by atoms with Crippen molar-refractivity contribution in [1.29, 1.82) is 0 Å². The van der Waals surface area contributed by atoms with Crippen LogP contribution in [0.25, 0.3) is 5.69 Å². The Morgan fingerprint density at radius 1 is 1.42 bits per heavy atom. The fourth-order valence-corrected chi connectivity index (χ4v) is 2.87. The summed E-state index contributed by atoms with van der Waals surface area (Å²) in [5.74, 6) is -2.18. The maximum Gasteiger partial charge on any atom is 0.305 e. The largest absolute Gasteiger partial charge is 0.481 e. The van der Waals surface area contributed by atoms with Gasteiger partial charge in [-0.2, -0.15) is 0 Å². The first kappa shape index (κ1) is 16.4. The molecule has 1 aromatic carbocycles. The summed E-state index contributed by atoms with van der Waals surface area (Å²) in [5.41, 5.74) is -0.697. The third-order valence-corrected chi connectivity index (χ3v) is 4.37. The van der Waals surface area contributed by atoms with Gasteiger partial charge in [0, 0.05) is 0 Å². The number of aliphatic carboxylic acids is 1. The van der Waals surface area contributed by atoms with Gasteiger partial charge in [0.2, 0.25) is 0 Å². The third-order valence-electron chi connectivity index (χ3n) is 4.08. The van der Waals surface area contributed by atoms with Crippen molar-refractivity contribution in [2.75, 3.05) is 0 Å². The van der Waals surface area contributed by atoms with Gasteiger partial charge in [-0.3, -0.25) is 9.59 Å². The molecule has 2 aromatic rings. The van der Waals surface area contributed by atoms with Crippen LogP contribution < -0.4 is 5.32 Å². The van der Waals surface area contributed by atoms with Gasteiger partial charge in [0.15, 0.2) is 11.5 Å². The lowest BCUT2D eigenvalue weighted by atomic mass is 9.74. The summed E-state index contributed by atoms with van der Waals surface area (Å²) in [6.45, 7) is 0. The van der Waals surface area contributed by atoms with E-state index in [1.165, 1.54) is 18.3 Å². The summed E-state index contributed by atoms with van der Waals surface area (Å²) >= 11 is 5.72. The van der Waals surface area contributed by atoms with Crippen LogP contribution in [0.3, 0.4) is 0 Å². The Morgan fingerprint density at radius 2 is 2.17 bits per heavy atom. The van der Waals surface area contributed by atoms with E-state index in [0.717, 1.165) is 11.1 Å². The number of carboxylic acids is 1. The molecule has 0 bridgehead atoms. The van der Waals surface area contributed by atoms with Gasteiger partial charge in [-0.25, -0.2) is 9.07 Å². The Balaban J connectivity index is 1.79. The Morgan fingerprint density at radius 3 is 2.79 bits per heavy atom. The highest BCUT2D eigenvalue weighted by Crippen LogP contribution is 2.35. The molecule has 1 aliphatic rings. The van der Waals surface area contributed by atoms with Gasteiger partial charge in [0.25, 0.3) is 5.91 Å². The highest BCUT2D eigenvalue weighted by Gasteiger charge is 2.40. The monoisotopic (exact) mass is 352 g/mol. The molecule has 24 heavy (non-hydrogen) atoms. The number of carbonyl (C=O) groups is 2. The molecule has 1 heterocycles. The molecular formula is C15H14ClFN4O3. The Bertz CT molecular complexity index is 804. The molecule has 3 rings (SSSR count). The molecule has 1 aliphatic carbocycles. The zero-order valence-electron chi connectivity index (χ0n) is 12.5. The van der Waals surface area contributed by atoms with Crippen molar-refractivity contribution in [3.8, 4) is 5.69 Å². The molecule has 0 radical (unpaired) electrons. The Kier molecular flexibility index (Phi) is 4.23. The zero-order valence-corrected chi connectivity index (χ0v) is 13.3. The van der Waals surface area contributed by atoms with Crippen LogP contribution in [0, 0.1) is 5.82 Å². The number of carboxylic acid groups (broad SMARTS) is 1. The number of carbonyl (C=O) groups excluding carboxylic acids is 1.